The topological polar surface area (TPSA) is 65.3 Å². The van der Waals surface area contributed by atoms with Crippen LogP contribution in [0, 0.1) is 0 Å². The predicted octanol–water partition coefficient (Wildman–Crippen LogP) is 2.24. The molecule has 0 N–H and O–H groups in total. The molecule has 0 amide bonds. The van der Waals surface area contributed by atoms with Gasteiger partial charge in [0.25, 0.3) is 0 Å². The highest BCUT2D eigenvalue weighted by molar-refractivity contribution is 5.31. The summed E-state index contributed by atoms with van der Waals surface area (Å²) in [6.45, 7) is 12.2. The molecule has 0 radical (unpaired) electrons. The van der Waals surface area contributed by atoms with E-state index in [1.165, 1.54) is 0 Å². The maximum atomic E-state index is 5.77. The quantitative estimate of drug-likeness (QED) is 0.419. The number of epoxide rings is 3. The molecule has 3 aliphatic heterocycles. The Kier molecular flexibility index (Phi) is 7.61. The maximum Gasteiger partial charge on any atom is 0.104 e. The van der Waals surface area contributed by atoms with Crippen LogP contribution in [0.25, 0.3) is 0 Å². The van der Waals surface area contributed by atoms with Gasteiger partial charge in [0.15, 0.2) is 0 Å². The van der Waals surface area contributed by atoms with Crippen LogP contribution in [-0.2, 0) is 48.2 Å². The Morgan fingerprint density at radius 1 is 0.731 bits per heavy atom. The summed E-state index contributed by atoms with van der Waals surface area (Å²) >= 11 is 0. The first-order valence-electron chi connectivity index (χ1n) is 9.05. The highest BCUT2D eigenvalue weighted by Crippen LogP contribution is 2.19. The highest BCUT2D eigenvalue weighted by atomic mass is 16.6. The van der Waals surface area contributed by atoms with Crippen molar-refractivity contribution < 1.29 is 28.4 Å². The van der Waals surface area contributed by atoms with Gasteiger partial charge >= 0.3 is 0 Å². The van der Waals surface area contributed by atoms with Crippen LogP contribution >= 0.6 is 0 Å². The molecule has 0 bridgehead atoms. The van der Waals surface area contributed by atoms with Gasteiger partial charge in [0.2, 0.25) is 0 Å². The van der Waals surface area contributed by atoms with Crippen molar-refractivity contribution in [2.75, 3.05) is 39.6 Å². The number of ether oxygens (including phenoxy) is 6. The van der Waals surface area contributed by atoms with Crippen LogP contribution in [0.5, 0.6) is 0 Å². The van der Waals surface area contributed by atoms with E-state index >= 15 is 0 Å². The molecule has 3 fully saturated rings. The smallest absolute Gasteiger partial charge is 0.104 e. The second kappa shape index (κ2) is 10.2. The van der Waals surface area contributed by atoms with Crippen LogP contribution in [0.2, 0.25) is 0 Å². The van der Waals surface area contributed by atoms with E-state index in [-0.39, 0.29) is 12.2 Å². The zero-order valence-electron chi connectivity index (χ0n) is 15.2. The average Bonchev–Trinajstić information content (AvgIpc) is 3.50. The minimum atomic E-state index is 0.279. The van der Waals surface area contributed by atoms with E-state index in [1.807, 2.05) is 0 Å². The van der Waals surface area contributed by atoms with Gasteiger partial charge in [-0.25, -0.2) is 0 Å². The first kappa shape index (κ1) is 19.5. The van der Waals surface area contributed by atoms with E-state index in [4.69, 9.17) is 28.4 Å². The fraction of sp³-hybridized carbons (Fsp3) is 0.600. The summed E-state index contributed by atoms with van der Waals surface area (Å²) in [6, 6.07) is 6.34. The van der Waals surface area contributed by atoms with Crippen LogP contribution < -0.4 is 0 Å². The van der Waals surface area contributed by atoms with E-state index in [9.17, 15) is 0 Å². The van der Waals surface area contributed by atoms with E-state index in [2.05, 4.69) is 31.4 Å². The largest absolute Gasteiger partial charge is 0.374 e. The summed E-state index contributed by atoms with van der Waals surface area (Å²) in [6.07, 6.45) is 0.861. The van der Waals surface area contributed by atoms with E-state index in [0.717, 1.165) is 36.5 Å². The molecule has 3 aliphatic rings. The van der Waals surface area contributed by atoms with Crippen molar-refractivity contribution in [3.63, 3.8) is 0 Å². The normalized spacial score (nSPS) is 25.3. The number of hydrogen-bond acceptors (Lipinski definition) is 6. The summed E-state index contributed by atoms with van der Waals surface area (Å²) in [4.78, 5) is 0. The molecular formula is C20H28O6. The van der Waals surface area contributed by atoms with Crippen molar-refractivity contribution in [3.8, 4) is 0 Å². The van der Waals surface area contributed by atoms with Crippen LogP contribution in [0.4, 0.5) is 0 Å². The van der Waals surface area contributed by atoms with Gasteiger partial charge in [-0.15, -0.1) is 13.2 Å². The van der Waals surface area contributed by atoms with Crippen molar-refractivity contribution in [2.24, 2.45) is 0 Å². The van der Waals surface area contributed by atoms with Crippen LogP contribution in [0.15, 0.2) is 31.4 Å². The minimum Gasteiger partial charge on any atom is -0.374 e. The summed E-state index contributed by atoms with van der Waals surface area (Å²) in [5.74, 6) is 0. The third-order valence-corrected chi connectivity index (χ3v) is 4.17. The molecule has 3 atom stereocenters. The second-order valence-electron chi connectivity index (χ2n) is 6.51. The first-order chi connectivity index (χ1) is 12.9. The zero-order valence-corrected chi connectivity index (χ0v) is 15.2. The number of hydrogen-bond donors (Lipinski definition) is 0. The van der Waals surface area contributed by atoms with Crippen LogP contribution in [-0.4, -0.2) is 58.0 Å². The standard InChI is InChI=1S/C18H24O6.C2H4/c1-2-14(5-20-8-17-11-23-17)15(6-21-9-18-12-24-18)3-13(1)4-19-7-16-10-22-16;1-2/h1-3,16-18H,4-12H2;1-2H2. The monoisotopic (exact) mass is 364 g/mol. The predicted molar refractivity (Wildman–Crippen MR) is 95.9 cm³/mol. The lowest BCUT2D eigenvalue weighted by Crippen LogP contribution is -2.08. The van der Waals surface area contributed by atoms with Gasteiger partial charge in [-0.2, -0.15) is 0 Å². The molecule has 0 aliphatic carbocycles. The molecule has 1 aromatic carbocycles. The molecule has 144 valence electrons. The molecule has 6 nitrogen and oxygen atoms in total. The molecule has 0 spiro atoms. The lowest BCUT2D eigenvalue weighted by atomic mass is 10.1. The Morgan fingerprint density at radius 2 is 1.19 bits per heavy atom. The summed E-state index contributed by atoms with van der Waals surface area (Å²) in [5, 5.41) is 0. The molecule has 6 heteroatoms. The van der Waals surface area contributed by atoms with Gasteiger partial charge in [0.05, 0.1) is 59.5 Å². The van der Waals surface area contributed by atoms with Crippen molar-refractivity contribution >= 4 is 0 Å². The molecule has 3 heterocycles. The molecule has 0 saturated carbocycles. The lowest BCUT2D eigenvalue weighted by Gasteiger charge is -2.13. The Bertz CT molecular complexity index is 551. The van der Waals surface area contributed by atoms with Crippen LogP contribution in [0.3, 0.4) is 0 Å². The zero-order chi connectivity index (χ0) is 18.2. The van der Waals surface area contributed by atoms with Gasteiger partial charge in [0, 0.05) is 0 Å². The lowest BCUT2D eigenvalue weighted by molar-refractivity contribution is 0.0907. The Labute approximate surface area is 155 Å². The van der Waals surface area contributed by atoms with Gasteiger partial charge < -0.3 is 28.4 Å². The summed E-state index contributed by atoms with van der Waals surface area (Å²) < 4.78 is 32.7. The van der Waals surface area contributed by atoms with Crippen molar-refractivity contribution in [2.45, 2.75) is 38.1 Å². The molecular weight excluding hydrogens is 336 g/mol. The van der Waals surface area contributed by atoms with Gasteiger partial charge in [0.1, 0.15) is 18.3 Å². The average molecular weight is 364 g/mol. The third-order valence-electron chi connectivity index (χ3n) is 4.17. The van der Waals surface area contributed by atoms with E-state index in [1.54, 1.807) is 0 Å². The third kappa shape index (κ3) is 7.15. The first-order valence-corrected chi connectivity index (χ1v) is 9.05. The fourth-order valence-electron chi connectivity index (χ4n) is 2.45. The highest BCUT2D eigenvalue weighted by Gasteiger charge is 2.24. The summed E-state index contributed by atoms with van der Waals surface area (Å²) in [7, 11) is 0. The molecule has 3 saturated heterocycles. The van der Waals surface area contributed by atoms with Crippen molar-refractivity contribution in [1.29, 1.82) is 0 Å². The molecule has 3 unspecified atom stereocenters. The molecule has 0 aromatic heterocycles. The van der Waals surface area contributed by atoms with E-state index in [0.29, 0.717) is 45.7 Å². The summed E-state index contributed by atoms with van der Waals surface area (Å²) in [5.41, 5.74) is 3.45. The fourth-order valence-corrected chi connectivity index (χ4v) is 2.45. The second-order valence-corrected chi connectivity index (χ2v) is 6.51. The Hall–Kier alpha value is -1.28. The van der Waals surface area contributed by atoms with Crippen molar-refractivity contribution in [3.05, 3.63) is 48.0 Å². The number of rotatable bonds is 12. The van der Waals surface area contributed by atoms with Crippen LogP contribution in [0.1, 0.15) is 16.7 Å². The van der Waals surface area contributed by atoms with Gasteiger partial charge in [-0.3, -0.25) is 0 Å². The molecule has 26 heavy (non-hydrogen) atoms. The Morgan fingerprint density at radius 3 is 1.69 bits per heavy atom. The molecule has 4 rings (SSSR count). The number of benzene rings is 1. The maximum absolute atomic E-state index is 5.77. The molecule has 1 aromatic rings. The van der Waals surface area contributed by atoms with Crippen molar-refractivity contribution in [1.82, 2.24) is 0 Å². The van der Waals surface area contributed by atoms with E-state index < -0.39 is 0 Å². The van der Waals surface area contributed by atoms with Gasteiger partial charge in [-0.05, 0) is 16.7 Å². The Balaban J connectivity index is 0.000000948. The van der Waals surface area contributed by atoms with Gasteiger partial charge in [-0.1, -0.05) is 18.2 Å². The minimum absolute atomic E-state index is 0.279. The SMILES string of the molecule is C=C.c1cc(COCC2CO2)c(COCC2CO2)cc1COCC1CO1.